The Morgan fingerprint density at radius 3 is 2.71 bits per heavy atom. The average molecular weight is 305 g/mol. The first-order valence-corrected chi connectivity index (χ1v) is 8.76. The SMILES string of the molecule is Cc1ccc(SC2CCCC2)c(C(=O)N2CC[C@@H](O)C2)c1. The summed E-state index contributed by atoms with van der Waals surface area (Å²) in [6, 6.07) is 6.19. The molecule has 0 aromatic heterocycles. The van der Waals surface area contributed by atoms with Crippen LogP contribution in [-0.2, 0) is 0 Å². The molecule has 4 heteroatoms. The molecular weight excluding hydrogens is 282 g/mol. The smallest absolute Gasteiger partial charge is 0.255 e. The van der Waals surface area contributed by atoms with Gasteiger partial charge in [0.1, 0.15) is 0 Å². The van der Waals surface area contributed by atoms with Gasteiger partial charge in [0, 0.05) is 23.2 Å². The van der Waals surface area contributed by atoms with Crippen molar-refractivity contribution in [3.63, 3.8) is 0 Å². The number of carbonyl (C=O) groups is 1. The number of thioether (sulfide) groups is 1. The van der Waals surface area contributed by atoms with Crippen LogP contribution in [0.25, 0.3) is 0 Å². The van der Waals surface area contributed by atoms with Crippen molar-refractivity contribution in [3.8, 4) is 0 Å². The molecule has 0 spiro atoms. The van der Waals surface area contributed by atoms with Crippen molar-refractivity contribution in [2.24, 2.45) is 0 Å². The monoisotopic (exact) mass is 305 g/mol. The van der Waals surface area contributed by atoms with E-state index in [1.54, 1.807) is 4.90 Å². The van der Waals surface area contributed by atoms with Crippen molar-refractivity contribution < 1.29 is 9.90 Å². The molecule has 2 fully saturated rings. The summed E-state index contributed by atoms with van der Waals surface area (Å²) in [5.41, 5.74) is 1.94. The van der Waals surface area contributed by atoms with E-state index >= 15 is 0 Å². The zero-order chi connectivity index (χ0) is 14.8. The van der Waals surface area contributed by atoms with E-state index in [0.29, 0.717) is 24.8 Å². The minimum atomic E-state index is -0.357. The van der Waals surface area contributed by atoms with Crippen LogP contribution >= 0.6 is 11.8 Å². The Balaban J connectivity index is 1.81. The van der Waals surface area contributed by atoms with Gasteiger partial charge in [-0.05, 0) is 38.3 Å². The lowest BCUT2D eigenvalue weighted by atomic mass is 10.1. The van der Waals surface area contributed by atoms with E-state index in [9.17, 15) is 9.90 Å². The standard InChI is InChI=1S/C17H23NO2S/c1-12-6-7-16(21-14-4-2-3-5-14)15(10-12)17(20)18-9-8-13(19)11-18/h6-7,10,13-14,19H,2-5,8-9,11H2,1H3/t13-/m1/s1. The summed E-state index contributed by atoms with van der Waals surface area (Å²) >= 11 is 1.86. The maximum absolute atomic E-state index is 12.7. The third-order valence-corrected chi connectivity index (χ3v) is 5.83. The minimum Gasteiger partial charge on any atom is -0.391 e. The fourth-order valence-electron chi connectivity index (χ4n) is 3.20. The molecule has 3 nitrogen and oxygen atoms in total. The van der Waals surface area contributed by atoms with Crippen LogP contribution in [0.15, 0.2) is 23.1 Å². The van der Waals surface area contributed by atoms with Gasteiger partial charge in [-0.25, -0.2) is 0 Å². The molecule has 1 heterocycles. The highest BCUT2D eigenvalue weighted by atomic mass is 32.2. The fraction of sp³-hybridized carbons (Fsp3) is 0.588. The number of aliphatic hydroxyl groups excluding tert-OH is 1. The maximum Gasteiger partial charge on any atom is 0.255 e. The van der Waals surface area contributed by atoms with Crippen LogP contribution in [0, 0.1) is 6.92 Å². The highest BCUT2D eigenvalue weighted by Crippen LogP contribution is 2.37. The zero-order valence-electron chi connectivity index (χ0n) is 12.5. The van der Waals surface area contributed by atoms with Gasteiger partial charge in [-0.1, -0.05) is 24.5 Å². The van der Waals surface area contributed by atoms with Gasteiger partial charge in [0.25, 0.3) is 5.91 Å². The lowest BCUT2D eigenvalue weighted by molar-refractivity contribution is 0.0761. The van der Waals surface area contributed by atoms with E-state index in [2.05, 4.69) is 12.1 Å². The first-order chi connectivity index (χ1) is 10.1. The molecule has 0 bridgehead atoms. The Hall–Kier alpha value is -1.00. The number of aliphatic hydroxyl groups is 1. The molecule has 1 saturated heterocycles. The molecule has 1 N–H and O–H groups in total. The molecular formula is C17H23NO2S. The molecule has 0 unspecified atom stereocenters. The highest BCUT2D eigenvalue weighted by molar-refractivity contribution is 8.00. The van der Waals surface area contributed by atoms with E-state index in [4.69, 9.17) is 0 Å². The molecule has 21 heavy (non-hydrogen) atoms. The number of nitrogens with zero attached hydrogens (tertiary/aromatic N) is 1. The molecule has 0 radical (unpaired) electrons. The molecule has 1 atom stereocenters. The van der Waals surface area contributed by atoms with Crippen LogP contribution in [0.4, 0.5) is 0 Å². The van der Waals surface area contributed by atoms with Crippen LogP contribution in [0.1, 0.15) is 48.0 Å². The van der Waals surface area contributed by atoms with Gasteiger partial charge >= 0.3 is 0 Å². The number of β-amino-alcohol motifs (C(OH)–C–C–N with tert-alkyl or cyclic N) is 1. The van der Waals surface area contributed by atoms with Crippen LogP contribution in [0.3, 0.4) is 0 Å². The largest absolute Gasteiger partial charge is 0.391 e. The molecule has 114 valence electrons. The summed E-state index contributed by atoms with van der Waals surface area (Å²) in [5.74, 6) is 0.0794. The second kappa shape index (κ2) is 6.41. The van der Waals surface area contributed by atoms with Crippen LogP contribution in [0.2, 0.25) is 0 Å². The second-order valence-corrected chi connectivity index (χ2v) is 7.56. The number of aryl methyl sites for hydroxylation is 1. The van der Waals surface area contributed by atoms with Crippen LogP contribution in [0.5, 0.6) is 0 Å². The van der Waals surface area contributed by atoms with E-state index in [1.165, 1.54) is 25.7 Å². The highest BCUT2D eigenvalue weighted by Gasteiger charge is 2.28. The normalized spacial score (nSPS) is 23.0. The number of hydrogen-bond donors (Lipinski definition) is 1. The Morgan fingerprint density at radius 1 is 1.29 bits per heavy atom. The Labute approximate surface area is 130 Å². The van der Waals surface area contributed by atoms with Gasteiger partial charge in [0.15, 0.2) is 0 Å². The fourth-order valence-corrected chi connectivity index (χ4v) is 4.54. The quantitative estimate of drug-likeness (QED) is 0.932. The molecule has 1 aliphatic heterocycles. The van der Waals surface area contributed by atoms with Gasteiger partial charge in [-0.15, -0.1) is 11.8 Å². The summed E-state index contributed by atoms with van der Waals surface area (Å²) in [4.78, 5) is 15.6. The van der Waals surface area contributed by atoms with Crippen molar-refractivity contribution >= 4 is 17.7 Å². The molecule has 1 amide bonds. The van der Waals surface area contributed by atoms with Crippen molar-refractivity contribution in [1.29, 1.82) is 0 Å². The van der Waals surface area contributed by atoms with Crippen LogP contribution in [-0.4, -0.2) is 40.4 Å². The topological polar surface area (TPSA) is 40.5 Å². The number of likely N-dealkylation sites (tertiary alicyclic amines) is 1. The Kier molecular flexibility index (Phi) is 4.55. The van der Waals surface area contributed by atoms with Crippen molar-refractivity contribution in [2.75, 3.05) is 13.1 Å². The van der Waals surface area contributed by atoms with Gasteiger partial charge in [-0.2, -0.15) is 0 Å². The zero-order valence-corrected chi connectivity index (χ0v) is 13.4. The molecule has 2 aliphatic rings. The number of amides is 1. The van der Waals surface area contributed by atoms with Gasteiger partial charge in [0.05, 0.1) is 11.7 Å². The van der Waals surface area contributed by atoms with Crippen molar-refractivity contribution in [1.82, 2.24) is 4.90 Å². The average Bonchev–Trinajstić information content (AvgIpc) is 3.11. The Bertz CT molecular complexity index is 526. The summed E-state index contributed by atoms with van der Waals surface area (Å²) in [7, 11) is 0. The number of benzene rings is 1. The van der Waals surface area contributed by atoms with Gasteiger partial charge in [0.2, 0.25) is 0 Å². The van der Waals surface area contributed by atoms with E-state index in [1.807, 2.05) is 24.8 Å². The molecule has 1 aromatic rings. The number of hydrogen-bond acceptors (Lipinski definition) is 3. The molecule has 3 rings (SSSR count). The summed E-state index contributed by atoms with van der Waals surface area (Å²) in [6.45, 7) is 3.17. The number of rotatable bonds is 3. The molecule has 1 aliphatic carbocycles. The lowest BCUT2D eigenvalue weighted by Gasteiger charge is -2.19. The predicted octanol–water partition coefficient (Wildman–Crippen LogP) is 3.24. The third kappa shape index (κ3) is 3.43. The summed E-state index contributed by atoms with van der Waals surface area (Å²) in [5, 5.41) is 10.3. The van der Waals surface area contributed by atoms with E-state index in [-0.39, 0.29) is 12.0 Å². The van der Waals surface area contributed by atoms with Gasteiger partial charge < -0.3 is 10.0 Å². The Morgan fingerprint density at radius 2 is 2.05 bits per heavy atom. The van der Waals surface area contributed by atoms with E-state index < -0.39 is 0 Å². The van der Waals surface area contributed by atoms with E-state index in [0.717, 1.165) is 16.0 Å². The minimum absolute atomic E-state index is 0.0794. The lowest BCUT2D eigenvalue weighted by Crippen LogP contribution is -2.30. The first-order valence-electron chi connectivity index (χ1n) is 7.88. The van der Waals surface area contributed by atoms with Crippen molar-refractivity contribution in [2.45, 2.75) is 55.3 Å². The first kappa shape index (κ1) is 14.9. The number of carbonyl (C=O) groups excluding carboxylic acids is 1. The predicted molar refractivity (Wildman–Crippen MR) is 85.8 cm³/mol. The summed E-state index contributed by atoms with van der Waals surface area (Å²) < 4.78 is 0. The third-order valence-electron chi connectivity index (χ3n) is 4.41. The molecule has 1 saturated carbocycles. The van der Waals surface area contributed by atoms with Crippen LogP contribution < -0.4 is 0 Å². The maximum atomic E-state index is 12.7. The van der Waals surface area contributed by atoms with Crippen molar-refractivity contribution in [3.05, 3.63) is 29.3 Å². The summed E-state index contributed by atoms with van der Waals surface area (Å²) in [6.07, 6.45) is 5.48. The second-order valence-electron chi connectivity index (χ2n) is 6.22. The molecule has 1 aromatic carbocycles. The van der Waals surface area contributed by atoms with Gasteiger partial charge in [-0.3, -0.25) is 4.79 Å².